The summed E-state index contributed by atoms with van der Waals surface area (Å²) in [6, 6.07) is -0.196. The molecule has 4 nitrogen and oxygen atoms in total. The first kappa shape index (κ1) is 18.3. The Morgan fingerprint density at radius 3 is 2.37 bits per heavy atom. The van der Waals surface area contributed by atoms with E-state index in [2.05, 4.69) is 38.7 Å². The molecule has 0 spiro atoms. The highest BCUT2D eigenvalue weighted by molar-refractivity contribution is 7.81. The normalized spacial score (nSPS) is 13.8. The summed E-state index contributed by atoms with van der Waals surface area (Å²) >= 11 is 4.45. The maximum Gasteiger partial charge on any atom is 0.293 e. The zero-order valence-corrected chi connectivity index (χ0v) is 13.5. The highest BCUT2D eigenvalue weighted by Gasteiger charge is 2.25. The molecule has 1 N–H and O–H groups in total. The van der Waals surface area contributed by atoms with Gasteiger partial charge in [0.2, 0.25) is 5.91 Å². The number of thiol groups is 1. The van der Waals surface area contributed by atoms with Gasteiger partial charge in [0.25, 0.3) is 6.47 Å². The zero-order valence-electron chi connectivity index (χ0n) is 12.7. The van der Waals surface area contributed by atoms with Crippen molar-refractivity contribution in [2.45, 2.75) is 64.7 Å². The van der Waals surface area contributed by atoms with E-state index < -0.39 is 0 Å². The summed E-state index contributed by atoms with van der Waals surface area (Å²) < 4.78 is 4.54. The van der Waals surface area contributed by atoms with Crippen molar-refractivity contribution in [3.05, 3.63) is 0 Å². The molecule has 0 aliphatic carbocycles. The molecule has 0 aliphatic rings. The second-order valence-electron chi connectivity index (χ2n) is 6.41. The fourth-order valence-electron chi connectivity index (χ4n) is 1.75. The minimum absolute atomic E-state index is 0.0102. The second kappa shape index (κ2) is 7.78. The Bertz CT molecular complexity index is 298. The van der Waals surface area contributed by atoms with Crippen molar-refractivity contribution in [3.63, 3.8) is 0 Å². The predicted octanol–water partition coefficient (Wildman–Crippen LogP) is 2.57. The van der Waals surface area contributed by atoms with E-state index in [0.29, 0.717) is 19.3 Å². The molecule has 1 unspecified atom stereocenters. The summed E-state index contributed by atoms with van der Waals surface area (Å²) in [6.45, 7) is 10.7. The van der Waals surface area contributed by atoms with Crippen molar-refractivity contribution in [1.29, 1.82) is 0 Å². The SMILES string of the molecule is CCC(C)(C)CC(=O)NC(COC=O)CC(C)(C)S. The molecule has 0 saturated heterocycles. The Kier molecular flexibility index (Phi) is 7.49. The van der Waals surface area contributed by atoms with Crippen LogP contribution in [0.4, 0.5) is 0 Å². The average molecular weight is 289 g/mol. The van der Waals surface area contributed by atoms with Crippen molar-refractivity contribution < 1.29 is 14.3 Å². The summed E-state index contributed by atoms with van der Waals surface area (Å²) in [4.78, 5) is 22.3. The number of hydrogen-bond acceptors (Lipinski definition) is 4. The molecule has 0 aromatic rings. The molecule has 0 radical (unpaired) electrons. The number of carbonyl (C=O) groups is 2. The summed E-state index contributed by atoms with van der Waals surface area (Å²) in [6.07, 6.45) is 2.05. The minimum atomic E-state index is -0.232. The highest BCUT2D eigenvalue weighted by atomic mass is 32.1. The van der Waals surface area contributed by atoms with Crippen molar-refractivity contribution >= 4 is 25.0 Å². The lowest BCUT2D eigenvalue weighted by Crippen LogP contribution is -2.42. The molecule has 0 aliphatic heterocycles. The van der Waals surface area contributed by atoms with Gasteiger partial charge in [0, 0.05) is 11.2 Å². The highest BCUT2D eigenvalue weighted by Crippen LogP contribution is 2.25. The monoisotopic (exact) mass is 289 g/mol. The van der Waals surface area contributed by atoms with Gasteiger partial charge in [0.1, 0.15) is 6.61 Å². The molecule has 19 heavy (non-hydrogen) atoms. The lowest BCUT2D eigenvalue weighted by atomic mass is 9.86. The second-order valence-corrected chi connectivity index (χ2v) is 7.62. The maximum atomic E-state index is 12.0. The lowest BCUT2D eigenvalue weighted by molar-refractivity contribution is -0.131. The standard InChI is InChI=1S/C14H27NO3S/c1-6-13(2,3)8-12(17)15-11(9-18-10-16)7-14(4,5)19/h10-11,19H,6-9H2,1-5H3,(H,15,17). The van der Waals surface area contributed by atoms with Gasteiger partial charge in [-0.05, 0) is 11.8 Å². The quantitative estimate of drug-likeness (QED) is 0.507. The Morgan fingerprint density at radius 1 is 1.37 bits per heavy atom. The van der Waals surface area contributed by atoms with Gasteiger partial charge in [-0.2, -0.15) is 12.6 Å². The fourth-order valence-corrected chi connectivity index (χ4v) is 1.97. The Labute approximate surface area is 122 Å². The first-order valence-corrected chi connectivity index (χ1v) is 7.11. The van der Waals surface area contributed by atoms with E-state index >= 15 is 0 Å². The van der Waals surface area contributed by atoms with Crippen LogP contribution in [0.25, 0.3) is 0 Å². The minimum Gasteiger partial charge on any atom is -0.466 e. The van der Waals surface area contributed by atoms with E-state index in [1.807, 2.05) is 13.8 Å². The molecule has 1 amide bonds. The fraction of sp³-hybridized carbons (Fsp3) is 0.857. The van der Waals surface area contributed by atoms with Crippen LogP contribution in [0, 0.1) is 5.41 Å². The third kappa shape index (κ3) is 9.82. The number of carbonyl (C=O) groups excluding carboxylic acids is 2. The van der Waals surface area contributed by atoms with Crippen LogP contribution >= 0.6 is 12.6 Å². The van der Waals surface area contributed by atoms with Crippen LogP contribution in [0.3, 0.4) is 0 Å². The summed E-state index contributed by atoms with van der Waals surface area (Å²) in [5.41, 5.74) is -0.0172. The largest absolute Gasteiger partial charge is 0.466 e. The van der Waals surface area contributed by atoms with Crippen molar-refractivity contribution in [2.24, 2.45) is 5.41 Å². The van der Waals surface area contributed by atoms with Crippen molar-refractivity contribution in [3.8, 4) is 0 Å². The topological polar surface area (TPSA) is 55.4 Å². The maximum absolute atomic E-state index is 12.0. The lowest BCUT2D eigenvalue weighted by Gasteiger charge is -2.27. The van der Waals surface area contributed by atoms with E-state index in [-0.39, 0.29) is 28.7 Å². The van der Waals surface area contributed by atoms with E-state index in [9.17, 15) is 9.59 Å². The number of ether oxygens (including phenoxy) is 1. The summed E-state index contributed by atoms with van der Waals surface area (Å²) in [5, 5.41) is 2.93. The number of amides is 1. The Balaban J connectivity index is 4.46. The zero-order chi connectivity index (χ0) is 15.1. The molecule has 0 rings (SSSR count). The molecule has 0 bridgehead atoms. The van der Waals surface area contributed by atoms with Crippen LogP contribution < -0.4 is 5.32 Å². The molecule has 0 aromatic heterocycles. The van der Waals surface area contributed by atoms with E-state index in [0.717, 1.165) is 6.42 Å². The van der Waals surface area contributed by atoms with Crippen LogP contribution in [-0.2, 0) is 14.3 Å². The van der Waals surface area contributed by atoms with Crippen molar-refractivity contribution in [1.82, 2.24) is 5.32 Å². The van der Waals surface area contributed by atoms with Gasteiger partial charge >= 0.3 is 0 Å². The molecular weight excluding hydrogens is 262 g/mol. The number of rotatable bonds is 9. The van der Waals surface area contributed by atoms with Crippen LogP contribution in [0.1, 0.15) is 53.9 Å². The molecule has 0 heterocycles. The number of hydrogen-bond donors (Lipinski definition) is 2. The van der Waals surface area contributed by atoms with E-state index in [4.69, 9.17) is 4.74 Å². The average Bonchev–Trinajstić information content (AvgIpc) is 2.23. The molecule has 0 saturated carbocycles. The number of nitrogens with one attached hydrogen (secondary N) is 1. The van der Waals surface area contributed by atoms with Crippen molar-refractivity contribution in [2.75, 3.05) is 6.61 Å². The van der Waals surface area contributed by atoms with Crippen LogP contribution in [0.5, 0.6) is 0 Å². The van der Waals surface area contributed by atoms with Crippen LogP contribution in [-0.4, -0.2) is 29.8 Å². The molecular formula is C14H27NO3S. The van der Waals surface area contributed by atoms with Gasteiger partial charge in [-0.15, -0.1) is 0 Å². The molecule has 5 heteroatoms. The van der Waals surface area contributed by atoms with Gasteiger partial charge in [0.15, 0.2) is 0 Å². The first-order chi connectivity index (χ1) is 8.59. The first-order valence-electron chi connectivity index (χ1n) is 6.66. The van der Waals surface area contributed by atoms with Gasteiger partial charge in [-0.25, -0.2) is 0 Å². The van der Waals surface area contributed by atoms with Gasteiger partial charge in [-0.1, -0.05) is 41.0 Å². The van der Waals surface area contributed by atoms with Gasteiger partial charge < -0.3 is 10.1 Å². The van der Waals surface area contributed by atoms with Gasteiger partial charge in [-0.3, -0.25) is 9.59 Å². The molecule has 1 atom stereocenters. The van der Waals surface area contributed by atoms with E-state index in [1.54, 1.807) is 0 Å². The van der Waals surface area contributed by atoms with Crippen LogP contribution in [0.15, 0.2) is 0 Å². The van der Waals surface area contributed by atoms with Crippen LogP contribution in [0.2, 0.25) is 0 Å². The molecule has 112 valence electrons. The molecule has 0 fully saturated rings. The Hall–Kier alpha value is -0.710. The summed E-state index contributed by atoms with van der Waals surface area (Å²) in [7, 11) is 0. The Morgan fingerprint density at radius 2 is 1.95 bits per heavy atom. The smallest absolute Gasteiger partial charge is 0.293 e. The van der Waals surface area contributed by atoms with E-state index in [1.165, 1.54) is 0 Å². The third-order valence-electron chi connectivity index (χ3n) is 3.07. The van der Waals surface area contributed by atoms with Gasteiger partial charge in [0.05, 0.1) is 6.04 Å². The molecule has 0 aromatic carbocycles. The summed E-state index contributed by atoms with van der Waals surface area (Å²) in [5.74, 6) is -0.0102. The third-order valence-corrected chi connectivity index (χ3v) is 3.26. The predicted molar refractivity (Wildman–Crippen MR) is 80.3 cm³/mol.